The normalized spacial score (nSPS) is 14.7. The third kappa shape index (κ3) is 7.73. The van der Waals surface area contributed by atoms with Crippen molar-refractivity contribution >= 4 is 43.1 Å². The van der Waals surface area contributed by atoms with Gasteiger partial charge in [0.15, 0.2) is 0 Å². The first-order valence-electron chi connectivity index (χ1n) is 29.2. The third-order valence-corrected chi connectivity index (χ3v) is 18.6. The Morgan fingerprint density at radius 3 is 1.26 bits per heavy atom. The number of aryl methyl sites for hydroxylation is 1. The van der Waals surface area contributed by atoms with Gasteiger partial charge in [0.1, 0.15) is 0 Å². The van der Waals surface area contributed by atoms with E-state index in [4.69, 9.17) is 0 Å². The predicted octanol–water partition coefficient (Wildman–Crippen LogP) is 21.1. The molecule has 0 heteroatoms. The Morgan fingerprint density at radius 1 is 0.280 bits per heavy atom. The molecule has 0 bridgehead atoms. The van der Waals surface area contributed by atoms with E-state index in [0.717, 1.165) is 19.3 Å². The number of benzene rings is 14. The first kappa shape index (κ1) is 48.1. The Labute approximate surface area is 480 Å². The summed E-state index contributed by atoms with van der Waals surface area (Å²) in [6, 6.07) is 115. The number of rotatable bonds is 11. The van der Waals surface area contributed by atoms with Crippen LogP contribution in [0.4, 0.5) is 0 Å². The zero-order valence-corrected chi connectivity index (χ0v) is 45.6. The predicted molar refractivity (Wildman–Crippen MR) is 345 cm³/mol. The third-order valence-electron chi connectivity index (χ3n) is 18.6. The van der Waals surface area contributed by atoms with Gasteiger partial charge in [0, 0.05) is 11.8 Å². The average molecular weight is 1040 g/mol. The van der Waals surface area contributed by atoms with Crippen LogP contribution >= 0.6 is 0 Å². The minimum absolute atomic E-state index is 0.108. The van der Waals surface area contributed by atoms with Gasteiger partial charge >= 0.3 is 0 Å². The molecule has 2 aliphatic rings. The van der Waals surface area contributed by atoms with Crippen molar-refractivity contribution in [3.63, 3.8) is 0 Å². The lowest BCUT2D eigenvalue weighted by molar-refractivity contribution is 0.701. The molecule has 0 nitrogen and oxygen atoms in total. The quantitative estimate of drug-likeness (QED) is 0.121. The van der Waals surface area contributed by atoms with E-state index in [1.165, 1.54) is 143 Å². The maximum Gasteiger partial charge on any atom is 0.0728 e. The maximum atomic E-state index is 2.62. The summed E-state index contributed by atoms with van der Waals surface area (Å²) in [4.78, 5) is 0. The molecular weight excluding hydrogens is 985 g/mol. The van der Waals surface area contributed by atoms with Gasteiger partial charge in [-0.05, 0) is 162 Å². The lowest BCUT2D eigenvalue weighted by atomic mass is 9.68. The lowest BCUT2D eigenvalue weighted by Gasteiger charge is -2.33. The molecule has 2 aliphatic carbocycles. The molecule has 0 aromatic heterocycles. The molecule has 0 saturated heterocycles. The van der Waals surface area contributed by atoms with Crippen LogP contribution in [0.3, 0.4) is 0 Å². The molecule has 0 N–H and O–H groups in total. The largest absolute Gasteiger partial charge is 0.0728 e. The van der Waals surface area contributed by atoms with Gasteiger partial charge in [-0.3, -0.25) is 0 Å². The fourth-order valence-corrected chi connectivity index (χ4v) is 15.0. The summed E-state index contributed by atoms with van der Waals surface area (Å²) in [6.07, 6.45) is 2.71. The van der Waals surface area contributed by atoms with E-state index in [2.05, 4.69) is 303 Å². The van der Waals surface area contributed by atoms with E-state index in [0.29, 0.717) is 0 Å². The van der Waals surface area contributed by atoms with Crippen LogP contribution < -0.4 is 0 Å². The Bertz CT molecular complexity index is 4750. The molecule has 0 aliphatic heterocycles. The van der Waals surface area contributed by atoms with Crippen molar-refractivity contribution < 1.29 is 0 Å². The monoisotopic (exact) mass is 1040 g/mol. The molecule has 0 radical (unpaired) electrons. The molecule has 16 rings (SSSR count). The first-order valence-corrected chi connectivity index (χ1v) is 29.2. The minimum atomic E-state index is -0.505. The summed E-state index contributed by atoms with van der Waals surface area (Å²) in [7, 11) is 0. The van der Waals surface area contributed by atoms with Gasteiger partial charge in [0.25, 0.3) is 0 Å². The number of hydrogen-bond acceptors (Lipinski definition) is 0. The Balaban J connectivity index is 0.826. The zero-order chi connectivity index (χ0) is 54.1. The van der Waals surface area contributed by atoms with Crippen LogP contribution in [0.5, 0.6) is 0 Å². The molecule has 14 aromatic rings. The van der Waals surface area contributed by atoms with E-state index < -0.39 is 5.41 Å². The van der Waals surface area contributed by atoms with E-state index in [9.17, 15) is 0 Å². The second-order valence-corrected chi connectivity index (χ2v) is 22.8. The fourth-order valence-electron chi connectivity index (χ4n) is 15.0. The Kier molecular flexibility index (Phi) is 11.6. The van der Waals surface area contributed by atoms with Crippen molar-refractivity contribution in [2.45, 2.75) is 36.5 Å². The highest BCUT2D eigenvalue weighted by molar-refractivity contribution is 5.99. The summed E-state index contributed by atoms with van der Waals surface area (Å²) in [5.41, 5.74) is 23.6. The SMILES string of the molecule is c1ccc2c(c1)-c1ccc(CC(c3ccc(-c4cccc5ccccc45)cc3)c3cccc4ccccc34)cc1C21c2ccccc2-c2cccc(CCC(c3ccc(-c4cccc5ccccc45)cc3)c3cccc4ccccc34)c21. The highest BCUT2D eigenvalue weighted by Crippen LogP contribution is 2.64. The van der Waals surface area contributed by atoms with Gasteiger partial charge in [-0.2, -0.15) is 0 Å². The van der Waals surface area contributed by atoms with E-state index in [1.54, 1.807) is 0 Å². The summed E-state index contributed by atoms with van der Waals surface area (Å²) in [6.45, 7) is 0. The Morgan fingerprint density at radius 2 is 0.683 bits per heavy atom. The molecule has 386 valence electrons. The topological polar surface area (TPSA) is 0 Å². The minimum Gasteiger partial charge on any atom is -0.0619 e. The van der Waals surface area contributed by atoms with Crippen molar-refractivity contribution in [3.8, 4) is 44.5 Å². The van der Waals surface area contributed by atoms with E-state index in [1.807, 2.05) is 0 Å². The average Bonchev–Trinajstić information content (AvgIpc) is 2.45. The van der Waals surface area contributed by atoms with Crippen molar-refractivity contribution in [2.75, 3.05) is 0 Å². The lowest BCUT2D eigenvalue weighted by Crippen LogP contribution is -2.27. The van der Waals surface area contributed by atoms with Gasteiger partial charge < -0.3 is 0 Å². The van der Waals surface area contributed by atoms with Crippen molar-refractivity contribution in [1.82, 2.24) is 0 Å². The summed E-state index contributed by atoms with van der Waals surface area (Å²) >= 11 is 0. The summed E-state index contributed by atoms with van der Waals surface area (Å²) in [5.74, 6) is 0.265. The second-order valence-electron chi connectivity index (χ2n) is 22.8. The smallest absolute Gasteiger partial charge is 0.0619 e. The van der Waals surface area contributed by atoms with Gasteiger partial charge in [-0.25, -0.2) is 0 Å². The van der Waals surface area contributed by atoms with E-state index >= 15 is 0 Å². The summed E-state index contributed by atoms with van der Waals surface area (Å²) < 4.78 is 0. The highest BCUT2D eigenvalue weighted by Gasteiger charge is 2.52. The molecule has 3 unspecified atom stereocenters. The van der Waals surface area contributed by atoms with Gasteiger partial charge in [-0.15, -0.1) is 0 Å². The fraction of sp³-hybridized carbons (Fsp3) is 0.0732. The van der Waals surface area contributed by atoms with Crippen LogP contribution in [0.1, 0.15) is 73.9 Å². The summed E-state index contributed by atoms with van der Waals surface area (Å²) in [5, 5.41) is 10.3. The van der Waals surface area contributed by atoms with Crippen LogP contribution in [0.25, 0.3) is 87.6 Å². The van der Waals surface area contributed by atoms with Gasteiger partial charge in [-0.1, -0.05) is 303 Å². The molecule has 1 spiro atoms. The second kappa shape index (κ2) is 19.7. The number of fused-ring (bicyclic) bond motifs is 14. The van der Waals surface area contributed by atoms with Crippen LogP contribution in [0, 0.1) is 0 Å². The molecule has 82 heavy (non-hydrogen) atoms. The van der Waals surface area contributed by atoms with Crippen molar-refractivity contribution in [1.29, 1.82) is 0 Å². The molecule has 0 amide bonds. The van der Waals surface area contributed by atoms with Crippen LogP contribution in [0.15, 0.2) is 303 Å². The molecule has 0 heterocycles. The zero-order valence-electron chi connectivity index (χ0n) is 45.6. The van der Waals surface area contributed by atoms with Crippen molar-refractivity contribution in [2.24, 2.45) is 0 Å². The standard InChI is InChI=1S/C82H58/c1-5-27-64-55(18-1)22-13-33-66(64)59-41-43-61(44-42-59)70(71-35-15-24-57-20-3-7-29-68(57)71)51-49-63-26-17-37-76-74-32-10-12-39-79(74)82(81(63)76)78-38-11-9-31-73(78)75-50-40-54(53-80(75)82)52-77(72-36-16-25-58-21-4-8-30-69(58)72)62-47-45-60(46-48-62)67-34-14-23-56-19-2-6-28-65(56)67/h1-48,50,53,70,77H,49,51-52H2. The maximum absolute atomic E-state index is 2.62. The van der Waals surface area contributed by atoms with E-state index in [-0.39, 0.29) is 11.8 Å². The van der Waals surface area contributed by atoms with Gasteiger partial charge in [0.2, 0.25) is 0 Å². The highest BCUT2D eigenvalue weighted by atomic mass is 14.5. The molecule has 14 aromatic carbocycles. The van der Waals surface area contributed by atoms with Crippen molar-refractivity contribution in [3.05, 3.63) is 359 Å². The van der Waals surface area contributed by atoms with Crippen LogP contribution in [-0.4, -0.2) is 0 Å². The molecule has 0 fully saturated rings. The first-order chi connectivity index (χ1) is 40.7. The number of hydrogen-bond donors (Lipinski definition) is 0. The molecular formula is C82H58. The van der Waals surface area contributed by atoms with Gasteiger partial charge in [0.05, 0.1) is 5.41 Å². The molecule has 0 saturated carbocycles. The molecule has 3 atom stereocenters. The van der Waals surface area contributed by atoms with Crippen LogP contribution in [-0.2, 0) is 18.3 Å². The Hall–Kier alpha value is -9.88. The van der Waals surface area contributed by atoms with Crippen LogP contribution in [0.2, 0.25) is 0 Å².